The number of rotatable bonds is 3. The van der Waals surface area contributed by atoms with Crippen LogP contribution in [0.4, 0.5) is 18.9 Å². The molecule has 1 aromatic heterocycles. The second-order valence-corrected chi connectivity index (χ2v) is 5.50. The van der Waals surface area contributed by atoms with Gasteiger partial charge in [0.25, 0.3) is 5.91 Å². The number of anilines is 1. The van der Waals surface area contributed by atoms with Gasteiger partial charge in [0, 0.05) is 6.54 Å². The number of aromatic nitrogens is 2. The van der Waals surface area contributed by atoms with Gasteiger partial charge in [-0.3, -0.25) is 9.48 Å². The lowest BCUT2D eigenvalue weighted by molar-refractivity contribution is -0.137. The van der Waals surface area contributed by atoms with Crippen LogP contribution in [0.3, 0.4) is 0 Å². The summed E-state index contributed by atoms with van der Waals surface area (Å²) in [4.78, 5) is 12.3. The molecule has 2 rings (SSSR count). The van der Waals surface area contributed by atoms with Gasteiger partial charge in [0.15, 0.2) is 0 Å². The number of nitrogens with zero attached hydrogens (tertiary/aromatic N) is 2. The fourth-order valence-corrected chi connectivity index (χ4v) is 2.37. The molecule has 1 aromatic carbocycles. The molecule has 1 amide bonds. The molecule has 124 valence electrons. The summed E-state index contributed by atoms with van der Waals surface area (Å²) in [5.41, 5.74) is -0.540. The van der Waals surface area contributed by atoms with Crippen molar-refractivity contribution in [2.75, 3.05) is 5.32 Å². The molecule has 1 heterocycles. The fraction of sp³-hybridized carbons (Fsp3) is 0.286. The largest absolute Gasteiger partial charge is 0.416 e. The number of hydrogen-bond acceptors (Lipinski definition) is 2. The monoisotopic (exact) mass is 365 g/mol. The maximum absolute atomic E-state index is 12.8. The van der Waals surface area contributed by atoms with Gasteiger partial charge in [-0.15, -0.1) is 0 Å². The SMILES string of the molecule is CCn1nc(C)c(Cl)c1C(=O)Nc1cc(C(F)(F)F)ccc1Cl. The predicted octanol–water partition coefficient (Wildman–Crippen LogP) is 4.79. The molecule has 1 N–H and O–H groups in total. The van der Waals surface area contributed by atoms with Gasteiger partial charge >= 0.3 is 6.18 Å². The van der Waals surface area contributed by atoms with E-state index in [1.807, 2.05) is 0 Å². The summed E-state index contributed by atoms with van der Waals surface area (Å²) in [6.07, 6.45) is -4.54. The molecule has 4 nitrogen and oxygen atoms in total. The molecule has 9 heteroatoms. The Labute approximate surface area is 140 Å². The molecule has 0 aliphatic heterocycles. The van der Waals surface area contributed by atoms with Gasteiger partial charge in [-0.05, 0) is 32.0 Å². The molecule has 0 aliphatic rings. The summed E-state index contributed by atoms with van der Waals surface area (Å²) in [6, 6.07) is 2.68. The highest BCUT2D eigenvalue weighted by Gasteiger charge is 2.31. The van der Waals surface area contributed by atoms with Crippen LogP contribution in [0.25, 0.3) is 0 Å². The lowest BCUT2D eigenvalue weighted by Gasteiger charge is -2.12. The van der Waals surface area contributed by atoms with Crippen LogP contribution in [0.2, 0.25) is 10.0 Å². The maximum atomic E-state index is 12.8. The summed E-state index contributed by atoms with van der Waals surface area (Å²) in [5, 5.41) is 6.57. The lowest BCUT2D eigenvalue weighted by Crippen LogP contribution is -2.18. The van der Waals surface area contributed by atoms with E-state index < -0.39 is 17.6 Å². The predicted molar refractivity (Wildman–Crippen MR) is 82.1 cm³/mol. The zero-order valence-corrected chi connectivity index (χ0v) is 13.6. The number of nitrogens with one attached hydrogen (secondary N) is 1. The maximum Gasteiger partial charge on any atom is 0.416 e. The quantitative estimate of drug-likeness (QED) is 0.849. The van der Waals surface area contributed by atoms with E-state index in [9.17, 15) is 18.0 Å². The van der Waals surface area contributed by atoms with Gasteiger partial charge in [0.2, 0.25) is 0 Å². The number of carbonyl (C=O) groups excluding carboxylic acids is 1. The zero-order valence-electron chi connectivity index (χ0n) is 12.1. The molecule has 23 heavy (non-hydrogen) atoms. The van der Waals surface area contributed by atoms with Crippen LogP contribution < -0.4 is 5.32 Å². The van der Waals surface area contributed by atoms with Crippen molar-refractivity contribution in [2.45, 2.75) is 26.6 Å². The molecular formula is C14H12Cl2F3N3O. The van der Waals surface area contributed by atoms with E-state index in [2.05, 4.69) is 10.4 Å². The van der Waals surface area contributed by atoms with Gasteiger partial charge < -0.3 is 5.32 Å². The normalized spacial score (nSPS) is 11.6. The Morgan fingerprint density at radius 1 is 1.35 bits per heavy atom. The lowest BCUT2D eigenvalue weighted by atomic mass is 10.2. The molecule has 0 spiro atoms. The van der Waals surface area contributed by atoms with Crippen molar-refractivity contribution in [3.63, 3.8) is 0 Å². The topological polar surface area (TPSA) is 46.9 Å². The van der Waals surface area contributed by atoms with E-state index in [0.717, 1.165) is 18.2 Å². The molecule has 0 fully saturated rings. The third-order valence-electron chi connectivity index (χ3n) is 3.11. The first-order chi connectivity index (χ1) is 10.6. The van der Waals surface area contributed by atoms with E-state index in [-0.39, 0.29) is 21.4 Å². The summed E-state index contributed by atoms with van der Waals surface area (Å²) >= 11 is 11.9. The first kappa shape index (κ1) is 17.6. The van der Waals surface area contributed by atoms with Crippen molar-refractivity contribution in [1.82, 2.24) is 9.78 Å². The first-order valence-corrected chi connectivity index (χ1v) is 7.31. The van der Waals surface area contributed by atoms with Crippen LogP contribution in [0.5, 0.6) is 0 Å². The van der Waals surface area contributed by atoms with Crippen molar-refractivity contribution in [2.24, 2.45) is 0 Å². The van der Waals surface area contributed by atoms with Gasteiger partial charge in [-0.25, -0.2) is 0 Å². The fourth-order valence-electron chi connectivity index (χ4n) is 1.98. The van der Waals surface area contributed by atoms with E-state index in [1.54, 1.807) is 13.8 Å². The van der Waals surface area contributed by atoms with E-state index in [4.69, 9.17) is 23.2 Å². The second kappa shape index (κ2) is 6.41. The van der Waals surface area contributed by atoms with Crippen LogP contribution in [0.15, 0.2) is 18.2 Å². The van der Waals surface area contributed by atoms with E-state index in [0.29, 0.717) is 12.2 Å². The molecule has 0 atom stereocenters. The molecule has 0 saturated heterocycles. The Bertz CT molecular complexity index is 756. The summed E-state index contributed by atoms with van der Waals surface area (Å²) in [5.74, 6) is -0.682. The number of benzene rings is 1. The van der Waals surface area contributed by atoms with Crippen LogP contribution in [0, 0.1) is 6.92 Å². The van der Waals surface area contributed by atoms with Crippen LogP contribution in [-0.2, 0) is 12.7 Å². The van der Waals surface area contributed by atoms with Crippen LogP contribution >= 0.6 is 23.2 Å². The molecular weight excluding hydrogens is 354 g/mol. The number of carbonyl (C=O) groups is 1. The zero-order chi connectivity index (χ0) is 17.4. The van der Waals surface area contributed by atoms with Gasteiger partial charge in [0.05, 0.1) is 27.0 Å². The number of amides is 1. The van der Waals surface area contributed by atoms with Crippen molar-refractivity contribution in [3.05, 3.63) is 45.2 Å². The van der Waals surface area contributed by atoms with Gasteiger partial charge in [-0.1, -0.05) is 23.2 Å². The third kappa shape index (κ3) is 3.61. The van der Waals surface area contributed by atoms with Crippen molar-refractivity contribution in [1.29, 1.82) is 0 Å². The summed E-state index contributed by atoms with van der Waals surface area (Å²) in [6.45, 7) is 3.77. The smallest absolute Gasteiger partial charge is 0.319 e. The molecule has 0 radical (unpaired) electrons. The Morgan fingerprint density at radius 3 is 2.57 bits per heavy atom. The third-order valence-corrected chi connectivity index (χ3v) is 3.89. The molecule has 0 saturated carbocycles. The van der Waals surface area contributed by atoms with Crippen molar-refractivity contribution < 1.29 is 18.0 Å². The minimum absolute atomic E-state index is 0.0123. The highest BCUT2D eigenvalue weighted by Crippen LogP contribution is 2.34. The number of halogens is 5. The summed E-state index contributed by atoms with van der Waals surface area (Å²) < 4.78 is 39.6. The molecule has 0 aliphatic carbocycles. The van der Waals surface area contributed by atoms with E-state index >= 15 is 0 Å². The van der Waals surface area contributed by atoms with Crippen LogP contribution in [-0.4, -0.2) is 15.7 Å². The Morgan fingerprint density at radius 2 is 2.00 bits per heavy atom. The molecule has 0 bridgehead atoms. The summed E-state index contributed by atoms with van der Waals surface area (Å²) in [7, 11) is 0. The highest BCUT2D eigenvalue weighted by atomic mass is 35.5. The molecule has 2 aromatic rings. The average Bonchev–Trinajstić information content (AvgIpc) is 2.75. The highest BCUT2D eigenvalue weighted by molar-refractivity contribution is 6.36. The number of alkyl halides is 3. The number of aryl methyl sites for hydroxylation is 2. The van der Waals surface area contributed by atoms with Gasteiger partial charge in [0.1, 0.15) is 5.69 Å². The van der Waals surface area contributed by atoms with Crippen molar-refractivity contribution >= 4 is 34.8 Å². The Balaban J connectivity index is 2.38. The second-order valence-electron chi connectivity index (χ2n) is 4.71. The number of hydrogen-bond donors (Lipinski definition) is 1. The van der Waals surface area contributed by atoms with E-state index in [1.165, 1.54) is 4.68 Å². The van der Waals surface area contributed by atoms with Crippen molar-refractivity contribution in [3.8, 4) is 0 Å². The van der Waals surface area contributed by atoms with Gasteiger partial charge in [-0.2, -0.15) is 18.3 Å². The Hall–Kier alpha value is -1.73. The standard InChI is InChI=1S/C14H12Cl2F3N3O/c1-3-22-12(11(16)7(2)21-22)13(23)20-10-6-8(14(17,18)19)4-5-9(10)15/h4-6H,3H2,1-2H3,(H,20,23). The molecule has 0 unspecified atom stereocenters. The minimum Gasteiger partial charge on any atom is -0.319 e. The van der Waals surface area contributed by atoms with Crippen LogP contribution in [0.1, 0.15) is 28.7 Å². The minimum atomic E-state index is -4.54. The first-order valence-electron chi connectivity index (χ1n) is 6.56. The Kier molecular flexibility index (Phi) is 4.91. The average molecular weight is 366 g/mol.